The first-order chi connectivity index (χ1) is 8.45. The van der Waals surface area contributed by atoms with Crippen LogP contribution in [0.1, 0.15) is 5.69 Å². The van der Waals surface area contributed by atoms with Crippen LogP contribution in [0.2, 0.25) is 0 Å². The first kappa shape index (κ1) is 12.5. The fourth-order valence-electron chi connectivity index (χ4n) is 1.36. The van der Waals surface area contributed by atoms with E-state index in [1.54, 1.807) is 0 Å². The lowest BCUT2D eigenvalue weighted by Crippen LogP contribution is -2.34. The van der Waals surface area contributed by atoms with Gasteiger partial charge in [0.25, 0.3) is 0 Å². The molecule has 0 saturated heterocycles. The first-order valence-corrected chi connectivity index (χ1v) is 6.21. The fraction of sp³-hybridized carbons (Fsp3) is 0.222. The van der Waals surface area contributed by atoms with Crippen LogP contribution in [0, 0.1) is 0 Å². The van der Waals surface area contributed by atoms with E-state index in [-0.39, 0.29) is 17.1 Å². The zero-order valence-corrected chi connectivity index (χ0v) is 10.1. The molecule has 1 aromatic heterocycles. The Balaban J connectivity index is 2.55. The number of nitrogens with zero attached hydrogens (tertiary/aromatic N) is 3. The van der Waals surface area contributed by atoms with E-state index in [0.29, 0.717) is 4.31 Å². The molecule has 0 fully saturated rings. The third-order valence-electron chi connectivity index (χ3n) is 2.30. The van der Waals surface area contributed by atoms with Crippen molar-refractivity contribution in [3.05, 3.63) is 29.8 Å². The standard InChI is InChI=1S/C9H9N3O5S/c1-12-8(9(14)5-13)4-7(11-18(12,15)16)6-2-3-17-10-6/h2-4,13H,5H2,1H3. The Hall–Kier alpha value is -2.00. The lowest BCUT2D eigenvalue weighted by atomic mass is 10.2. The summed E-state index contributed by atoms with van der Waals surface area (Å²) in [6, 6.07) is 1.41. The second kappa shape index (κ2) is 4.35. The minimum Gasteiger partial charge on any atom is -0.388 e. The van der Waals surface area contributed by atoms with Crippen LogP contribution in [0.15, 0.2) is 33.0 Å². The van der Waals surface area contributed by atoms with Gasteiger partial charge >= 0.3 is 10.2 Å². The van der Waals surface area contributed by atoms with Gasteiger partial charge in [-0.3, -0.25) is 9.10 Å². The molecule has 1 aliphatic heterocycles. The van der Waals surface area contributed by atoms with Crippen LogP contribution >= 0.6 is 0 Å². The number of allylic oxidation sites excluding steroid dienone is 1. The highest BCUT2D eigenvalue weighted by atomic mass is 32.2. The maximum Gasteiger partial charge on any atom is 0.345 e. The summed E-state index contributed by atoms with van der Waals surface area (Å²) in [6.45, 7) is -0.794. The first-order valence-electron chi connectivity index (χ1n) is 4.81. The molecule has 1 aliphatic rings. The van der Waals surface area contributed by atoms with Gasteiger partial charge in [0.1, 0.15) is 30.0 Å². The average Bonchev–Trinajstić information content (AvgIpc) is 2.85. The normalized spacial score (nSPS) is 18.2. The Kier molecular flexibility index (Phi) is 3.01. The van der Waals surface area contributed by atoms with E-state index in [1.165, 1.54) is 25.5 Å². The smallest absolute Gasteiger partial charge is 0.345 e. The zero-order chi connectivity index (χ0) is 13.3. The third-order valence-corrected chi connectivity index (χ3v) is 3.62. The lowest BCUT2D eigenvalue weighted by molar-refractivity contribution is -0.119. The van der Waals surface area contributed by atoms with Crippen LogP contribution in [-0.2, 0) is 15.0 Å². The minimum absolute atomic E-state index is 0.0151. The van der Waals surface area contributed by atoms with Crippen molar-refractivity contribution >= 4 is 21.7 Å². The Morgan fingerprint density at radius 3 is 2.83 bits per heavy atom. The average molecular weight is 271 g/mol. The van der Waals surface area contributed by atoms with Gasteiger partial charge in [-0.1, -0.05) is 5.16 Å². The maximum absolute atomic E-state index is 11.7. The van der Waals surface area contributed by atoms with Crippen LogP contribution < -0.4 is 0 Å². The van der Waals surface area contributed by atoms with Crippen LogP contribution in [0.4, 0.5) is 0 Å². The number of hydrogen-bond acceptors (Lipinski definition) is 6. The fourth-order valence-corrected chi connectivity index (χ4v) is 2.28. The second-order valence-corrected chi connectivity index (χ2v) is 5.04. The third kappa shape index (κ3) is 2.05. The number of aliphatic hydroxyl groups is 1. The molecule has 2 rings (SSSR count). The number of likely N-dealkylation sites (N-methyl/N-ethyl adjacent to an activating group) is 1. The minimum atomic E-state index is -4.00. The molecule has 0 aromatic carbocycles. The number of Topliss-reactive ketones (excluding diaryl/α,β-unsaturated/α-hetero) is 1. The van der Waals surface area contributed by atoms with Crippen LogP contribution in [-0.4, -0.2) is 48.1 Å². The van der Waals surface area contributed by atoms with Crippen molar-refractivity contribution in [2.45, 2.75) is 0 Å². The molecule has 1 aromatic rings. The molecule has 0 saturated carbocycles. The molecule has 0 spiro atoms. The molecule has 1 N–H and O–H groups in total. The van der Waals surface area contributed by atoms with E-state index >= 15 is 0 Å². The van der Waals surface area contributed by atoms with Crippen molar-refractivity contribution in [1.29, 1.82) is 0 Å². The van der Waals surface area contributed by atoms with Gasteiger partial charge in [-0.2, -0.15) is 8.42 Å². The van der Waals surface area contributed by atoms with Crippen LogP contribution in [0.5, 0.6) is 0 Å². The molecule has 0 atom stereocenters. The highest BCUT2D eigenvalue weighted by Gasteiger charge is 2.30. The molecular weight excluding hydrogens is 262 g/mol. The van der Waals surface area contributed by atoms with Crippen molar-refractivity contribution in [2.24, 2.45) is 4.40 Å². The molecule has 8 nitrogen and oxygen atoms in total. The van der Waals surface area contributed by atoms with Crippen LogP contribution in [0.3, 0.4) is 0 Å². The number of aromatic nitrogens is 1. The monoisotopic (exact) mass is 271 g/mol. The number of rotatable bonds is 3. The SMILES string of the molecule is CN1C(C(=O)CO)=CC(c2ccon2)=NS1(=O)=O. The number of ketones is 1. The molecule has 0 radical (unpaired) electrons. The van der Waals surface area contributed by atoms with Crippen molar-refractivity contribution in [1.82, 2.24) is 9.46 Å². The van der Waals surface area contributed by atoms with Crippen molar-refractivity contribution in [3.8, 4) is 0 Å². The van der Waals surface area contributed by atoms with E-state index in [0.717, 1.165) is 0 Å². The van der Waals surface area contributed by atoms with E-state index in [4.69, 9.17) is 5.11 Å². The number of hydrogen-bond donors (Lipinski definition) is 1. The summed E-state index contributed by atoms with van der Waals surface area (Å²) in [7, 11) is -2.82. The van der Waals surface area contributed by atoms with E-state index in [1.807, 2.05) is 0 Å². The van der Waals surface area contributed by atoms with Gasteiger partial charge < -0.3 is 9.63 Å². The quantitative estimate of drug-likeness (QED) is 0.762. The Labute approximate surface area is 102 Å². The van der Waals surface area contributed by atoms with Gasteiger partial charge in [0.05, 0.1) is 0 Å². The number of aliphatic hydroxyl groups excluding tert-OH is 1. The second-order valence-electron chi connectivity index (χ2n) is 3.42. The molecule has 0 amide bonds. The Morgan fingerprint density at radius 1 is 1.56 bits per heavy atom. The summed E-state index contributed by atoms with van der Waals surface area (Å²) in [6.07, 6.45) is 2.49. The maximum atomic E-state index is 11.7. The summed E-state index contributed by atoms with van der Waals surface area (Å²) in [4.78, 5) is 11.5. The summed E-state index contributed by atoms with van der Waals surface area (Å²) < 4.78 is 32.2. The molecule has 0 bridgehead atoms. The van der Waals surface area contributed by atoms with E-state index in [2.05, 4.69) is 14.1 Å². The molecular formula is C9H9N3O5S. The highest BCUT2D eigenvalue weighted by Crippen LogP contribution is 2.19. The molecule has 0 unspecified atom stereocenters. The van der Waals surface area contributed by atoms with E-state index < -0.39 is 22.6 Å². The molecule has 96 valence electrons. The summed E-state index contributed by atoms with van der Waals surface area (Å²) in [5.74, 6) is -0.725. The zero-order valence-electron chi connectivity index (χ0n) is 9.27. The lowest BCUT2D eigenvalue weighted by Gasteiger charge is -2.22. The Morgan fingerprint density at radius 2 is 2.28 bits per heavy atom. The number of carbonyl (C=O) groups is 1. The van der Waals surface area contributed by atoms with Gasteiger partial charge in [0, 0.05) is 13.1 Å². The van der Waals surface area contributed by atoms with Gasteiger partial charge in [-0.25, -0.2) is 0 Å². The van der Waals surface area contributed by atoms with Crippen LogP contribution in [0.25, 0.3) is 0 Å². The van der Waals surface area contributed by atoms with Gasteiger partial charge in [0.2, 0.25) is 5.78 Å². The predicted octanol–water partition coefficient (Wildman–Crippen LogP) is -0.901. The van der Waals surface area contributed by atoms with Crippen molar-refractivity contribution in [3.63, 3.8) is 0 Å². The highest BCUT2D eigenvalue weighted by molar-refractivity contribution is 7.88. The van der Waals surface area contributed by atoms with Crippen molar-refractivity contribution in [2.75, 3.05) is 13.7 Å². The molecule has 2 heterocycles. The summed E-state index contributed by atoms with van der Waals surface area (Å²) in [5, 5.41) is 12.3. The molecule has 9 heteroatoms. The number of carbonyl (C=O) groups excluding carboxylic acids is 1. The van der Waals surface area contributed by atoms with Crippen molar-refractivity contribution < 1.29 is 22.8 Å². The molecule has 18 heavy (non-hydrogen) atoms. The van der Waals surface area contributed by atoms with Gasteiger partial charge in [0.15, 0.2) is 0 Å². The topological polar surface area (TPSA) is 113 Å². The Bertz CT molecular complexity index is 629. The summed E-state index contributed by atoms with van der Waals surface area (Å²) >= 11 is 0. The summed E-state index contributed by atoms with van der Waals surface area (Å²) in [5.41, 5.74) is -0.000866. The van der Waals surface area contributed by atoms with Gasteiger partial charge in [-0.05, 0) is 6.08 Å². The largest absolute Gasteiger partial charge is 0.388 e. The van der Waals surface area contributed by atoms with Gasteiger partial charge in [-0.15, -0.1) is 4.40 Å². The molecule has 0 aliphatic carbocycles. The van der Waals surface area contributed by atoms with E-state index in [9.17, 15) is 13.2 Å². The predicted molar refractivity (Wildman–Crippen MR) is 59.9 cm³/mol.